The Hall–Kier alpha value is -0.480. The zero-order valence-electron chi connectivity index (χ0n) is 9.19. The lowest BCUT2D eigenvalue weighted by Crippen LogP contribution is -2.05. The van der Waals surface area contributed by atoms with Crippen LogP contribution in [0.4, 0.5) is 0 Å². The van der Waals surface area contributed by atoms with E-state index in [1.807, 2.05) is 18.2 Å². The Morgan fingerprint density at radius 3 is 2.60 bits per heavy atom. The average molecular weight is 244 g/mol. The summed E-state index contributed by atoms with van der Waals surface area (Å²) < 4.78 is 10.9. The average Bonchev–Trinajstić information content (AvgIpc) is 2.25. The van der Waals surface area contributed by atoms with E-state index in [9.17, 15) is 0 Å². The highest BCUT2D eigenvalue weighted by Gasteiger charge is 2.06. The lowest BCUT2D eigenvalue weighted by Gasteiger charge is -2.12. The summed E-state index contributed by atoms with van der Waals surface area (Å²) in [6.07, 6.45) is 0. The third-order valence-electron chi connectivity index (χ3n) is 1.81. The Kier molecular flexibility index (Phi) is 5.19. The van der Waals surface area contributed by atoms with Crippen molar-refractivity contribution in [1.82, 2.24) is 0 Å². The lowest BCUT2D eigenvalue weighted by molar-refractivity contribution is 0.256. The van der Waals surface area contributed by atoms with Crippen LogP contribution in [-0.4, -0.2) is 13.7 Å². The number of hydrogen-bond donors (Lipinski definition) is 1. The molecule has 1 aromatic rings. The molecule has 0 radical (unpaired) electrons. The highest BCUT2D eigenvalue weighted by Crippen LogP contribution is 2.33. The minimum absolute atomic E-state index is 0.508. The molecule has 0 aliphatic carbocycles. The van der Waals surface area contributed by atoms with Crippen molar-refractivity contribution >= 4 is 22.5 Å². The second kappa shape index (κ2) is 6.18. The molecule has 2 nitrogen and oxygen atoms in total. The van der Waals surface area contributed by atoms with Crippen molar-refractivity contribution in [2.75, 3.05) is 13.7 Å². The SMILES string of the molecule is COc1cc(SS)ccc1OCC(C)C. The van der Waals surface area contributed by atoms with Gasteiger partial charge >= 0.3 is 0 Å². The Morgan fingerprint density at radius 2 is 2.07 bits per heavy atom. The number of rotatable bonds is 5. The molecule has 4 heteroatoms. The molecule has 0 N–H and O–H groups in total. The molecule has 0 spiro atoms. The number of hydrogen-bond acceptors (Lipinski definition) is 4. The van der Waals surface area contributed by atoms with Gasteiger partial charge in [0, 0.05) is 4.90 Å². The minimum Gasteiger partial charge on any atom is -0.493 e. The summed E-state index contributed by atoms with van der Waals surface area (Å²) in [6.45, 7) is 4.93. The van der Waals surface area contributed by atoms with Gasteiger partial charge in [-0.3, -0.25) is 0 Å². The van der Waals surface area contributed by atoms with Crippen LogP contribution < -0.4 is 9.47 Å². The van der Waals surface area contributed by atoms with Crippen molar-refractivity contribution in [3.8, 4) is 11.5 Å². The fraction of sp³-hybridized carbons (Fsp3) is 0.455. The summed E-state index contributed by atoms with van der Waals surface area (Å²) in [7, 11) is 3.03. The van der Waals surface area contributed by atoms with E-state index < -0.39 is 0 Å². The number of ether oxygens (including phenoxy) is 2. The van der Waals surface area contributed by atoms with Crippen molar-refractivity contribution < 1.29 is 9.47 Å². The molecule has 15 heavy (non-hydrogen) atoms. The Bertz CT molecular complexity index is 313. The van der Waals surface area contributed by atoms with E-state index in [1.165, 1.54) is 10.8 Å². The summed E-state index contributed by atoms with van der Waals surface area (Å²) in [4.78, 5) is 1.05. The fourth-order valence-electron chi connectivity index (χ4n) is 1.08. The molecule has 0 aliphatic heterocycles. The fourth-order valence-corrected chi connectivity index (χ4v) is 1.71. The van der Waals surface area contributed by atoms with Gasteiger partial charge in [-0.25, -0.2) is 0 Å². The predicted octanol–water partition coefficient (Wildman–Crippen LogP) is 3.67. The number of benzene rings is 1. The maximum absolute atomic E-state index is 5.63. The van der Waals surface area contributed by atoms with Crippen molar-refractivity contribution in [3.63, 3.8) is 0 Å². The van der Waals surface area contributed by atoms with E-state index in [-0.39, 0.29) is 0 Å². The molecule has 0 heterocycles. The van der Waals surface area contributed by atoms with Crippen LogP contribution in [0, 0.1) is 5.92 Å². The second-order valence-corrected chi connectivity index (χ2v) is 4.81. The molecule has 0 aromatic heterocycles. The smallest absolute Gasteiger partial charge is 0.161 e. The van der Waals surface area contributed by atoms with E-state index in [2.05, 4.69) is 25.5 Å². The van der Waals surface area contributed by atoms with Gasteiger partial charge in [0.05, 0.1) is 13.7 Å². The van der Waals surface area contributed by atoms with Crippen LogP contribution in [0.25, 0.3) is 0 Å². The molecule has 0 bridgehead atoms. The Balaban J connectivity index is 2.78. The molecule has 0 saturated heterocycles. The number of methoxy groups -OCH3 is 1. The Morgan fingerprint density at radius 1 is 1.33 bits per heavy atom. The minimum atomic E-state index is 0.508. The van der Waals surface area contributed by atoms with Crippen LogP contribution in [0.1, 0.15) is 13.8 Å². The summed E-state index contributed by atoms with van der Waals surface area (Å²) in [5, 5.41) is 0. The molecule has 1 rings (SSSR count). The lowest BCUT2D eigenvalue weighted by atomic mass is 10.2. The normalized spacial score (nSPS) is 10.5. The summed E-state index contributed by atoms with van der Waals surface area (Å²) >= 11 is 4.14. The summed E-state index contributed by atoms with van der Waals surface area (Å²) in [6, 6.07) is 5.81. The van der Waals surface area contributed by atoms with Crippen molar-refractivity contribution in [3.05, 3.63) is 18.2 Å². The van der Waals surface area contributed by atoms with Crippen LogP contribution >= 0.6 is 22.5 Å². The molecule has 84 valence electrons. The number of thiol groups is 1. The largest absolute Gasteiger partial charge is 0.493 e. The standard InChI is InChI=1S/C11H16O2S2/c1-8(2)7-13-10-5-4-9(15-14)6-11(10)12-3/h4-6,8,14H,7H2,1-3H3. The molecule has 1 aromatic carbocycles. The van der Waals surface area contributed by atoms with E-state index in [1.54, 1.807) is 7.11 Å². The monoisotopic (exact) mass is 244 g/mol. The molecular weight excluding hydrogens is 228 g/mol. The highest BCUT2D eigenvalue weighted by atomic mass is 33.1. The van der Waals surface area contributed by atoms with Gasteiger partial charge < -0.3 is 9.47 Å². The third-order valence-corrected chi connectivity index (χ3v) is 2.91. The Labute approximate surface area is 100 Å². The predicted molar refractivity (Wildman–Crippen MR) is 68.2 cm³/mol. The van der Waals surface area contributed by atoms with E-state index in [0.717, 1.165) is 16.4 Å². The van der Waals surface area contributed by atoms with E-state index >= 15 is 0 Å². The molecule has 0 saturated carbocycles. The topological polar surface area (TPSA) is 18.5 Å². The third kappa shape index (κ3) is 3.87. The highest BCUT2D eigenvalue weighted by molar-refractivity contribution is 8.68. The first kappa shape index (κ1) is 12.6. The van der Waals surface area contributed by atoms with Gasteiger partial charge in [0.15, 0.2) is 11.5 Å². The first-order valence-electron chi connectivity index (χ1n) is 4.79. The van der Waals surface area contributed by atoms with Crippen molar-refractivity contribution in [2.24, 2.45) is 5.92 Å². The molecule has 0 amide bonds. The van der Waals surface area contributed by atoms with Crippen LogP contribution in [0.5, 0.6) is 11.5 Å². The van der Waals surface area contributed by atoms with Gasteiger partial charge in [-0.1, -0.05) is 24.6 Å². The zero-order valence-corrected chi connectivity index (χ0v) is 10.9. The maximum Gasteiger partial charge on any atom is 0.161 e. The molecule has 0 unspecified atom stereocenters. The van der Waals surface area contributed by atoms with Gasteiger partial charge in [-0.05, 0) is 24.1 Å². The van der Waals surface area contributed by atoms with Gasteiger partial charge in [-0.2, -0.15) is 0 Å². The van der Waals surface area contributed by atoms with Gasteiger partial charge in [0.1, 0.15) is 0 Å². The van der Waals surface area contributed by atoms with Crippen molar-refractivity contribution in [2.45, 2.75) is 18.7 Å². The first-order chi connectivity index (χ1) is 7.17. The first-order valence-corrected chi connectivity index (χ1v) is 6.66. The van der Waals surface area contributed by atoms with E-state index in [0.29, 0.717) is 12.5 Å². The second-order valence-electron chi connectivity index (χ2n) is 3.61. The molecular formula is C11H16O2S2. The molecule has 0 atom stereocenters. The van der Waals surface area contributed by atoms with Gasteiger partial charge in [0.2, 0.25) is 0 Å². The summed E-state index contributed by atoms with van der Waals surface area (Å²) in [5.41, 5.74) is 0. The van der Waals surface area contributed by atoms with Gasteiger partial charge in [-0.15, -0.1) is 11.7 Å². The molecule has 0 fully saturated rings. The van der Waals surface area contributed by atoms with Crippen LogP contribution in [0.2, 0.25) is 0 Å². The summed E-state index contributed by atoms with van der Waals surface area (Å²) in [5.74, 6) is 2.06. The van der Waals surface area contributed by atoms with Crippen LogP contribution in [-0.2, 0) is 0 Å². The zero-order chi connectivity index (χ0) is 11.3. The van der Waals surface area contributed by atoms with Crippen LogP contribution in [0.3, 0.4) is 0 Å². The quantitative estimate of drug-likeness (QED) is 0.630. The van der Waals surface area contributed by atoms with Crippen LogP contribution in [0.15, 0.2) is 23.1 Å². The van der Waals surface area contributed by atoms with E-state index in [4.69, 9.17) is 9.47 Å². The maximum atomic E-state index is 5.63. The van der Waals surface area contributed by atoms with Gasteiger partial charge in [0.25, 0.3) is 0 Å². The molecule has 0 aliphatic rings. The van der Waals surface area contributed by atoms with Crippen molar-refractivity contribution in [1.29, 1.82) is 0 Å².